The molecule has 1 aromatic carbocycles. The van der Waals surface area contributed by atoms with Crippen LogP contribution in [0.1, 0.15) is 19.4 Å². The maximum Gasteiger partial charge on any atom is 0.321 e. The molecule has 0 saturated carbocycles. The third-order valence-electron chi connectivity index (χ3n) is 3.26. The van der Waals surface area contributed by atoms with Crippen molar-refractivity contribution in [1.82, 2.24) is 8.61 Å². The predicted molar refractivity (Wildman–Crippen MR) is 85.7 cm³/mol. The van der Waals surface area contributed by atoms with E-state index in [4.69, 9.17) is 11.6 Å². The van der Waals surface area contributed by atoms with Gasteiger partial charge in [0.2, 0.25) is 0 Å². The summed E-state index contributed by atoms with van der Waals surface area (Å²) in [6.45, 7) is 3.13. The molecule has 0 fully saturated rings. The molecule has 6 nitrogen and oxygen atoms in total. The summed E-state index contributed by atoms with van der Waals surface area (Å²) in [5, 5.41) is 0.444. The van der Waals surface area contributed by atoms with Gasteiger partial charge in [0.25, 0.3) is 10.2 Å². The van der Waals surface area contributed by atoms with Crippen LogP contribution in [-0.2, 0) is 26.3 Å². The van der Waals surface area contributed by atoms with E-state index in [1.54, 1.807) is 38.1 Å². The molecule has 1 aromatic rings. The topological polar surface area (TPSA) is 66.9 Å². The normalized spacial score (nSPS) is 12.2. The van der Waals surface area contributed by atoms with E-state index in [0.717, 1.165) is 4.31 Å². The molecule has 0 aliphatic carbocycles. The standard InChI is InChI=1S/C14H21ClN2O4S/c1-11(2)16(3)22(19,20)17(10-14(18)21-4)9-12-7-5-6-8-13(12)15/h5-8,11H,9-10H2,1-4H3. The molecule has 0 saturated heterocycles. The number of methoxy groups -OCH3 is 1. The van der Waals surface area contributed by atoms with E-state index in [2.05, 4.69) is 4.74 Å². The number of hydrogen-bond donors (Lipinski definition) is 0. The van der Waals surface area contributed by atoms with Gasteiger partial charge in [-0.15, -0.1) is 0 Å². The zero-order chi connectivity index (χ0) is 16.9. The largest absolute Gasteiger partial charge is 0.468 e. The smallest absolute Gasteiger partial charge is 0.321 e. The van der Waals surface area contributed by atoms with Crippen molar-refractivity contribution in [3.63, 3.8) is 0 Å². The monoisotopic (exact) mass is 348 g/mol. The fraction of sp³-hybridized carbons (Fsp3) is 0.500. The van der Waals surface area contributed by atoms with Crippen molar-refractivity contribution in [2.75, 3.05) is 20.7 Å². The first-order valence-electron chi connectivity index (χ1n) is 6.73. The van der Waals surface area contributed by atoms with Crippen molar-refractivity contribution in [2.45, 2.75) is 26.4 Å². The van der Waals surface area contributed by atoms with Crippen LogP contribution in [0.4, 0.5) is 0 Å². The van der Waals surface area contributed by atoms with Gasteiger partial charge in [0, 0.05) is 24.7 Å². The highest BCUT2D eigenvalue weighted by Crippen LogP contribution is 2.20. The first-order valence-corrected chi connectivity index (χ1v) is 8.51. The number of esters is 1. The maximum absolute atomic E-state index is 12.6. The van der Waals surface area contributed by atoms with E-state index < -0.39 is 16.2 Å². The highest BCUT2D eigenvalue weighted by atomic mass is 35.5. The molecule has 0 radical (unpaired) electrons. The molecule has 124 valence electrons. The quantitative estimate of drug-likeness (QED) is 0.706. The van der Waals surface area contributed by atoms with E-state index in [1.807, 2.05) is 0 Å². The Morgan fingerprint density at radius 1 is 1.32 bits per heavy atom. The molecule has 1 rings (SSSR count). The first-order chi connectivity index (χ1) is 10.2. The van der Waals surface area contributed by atoms with Crippen molar-refractivity contribution in [3.05, 3.63) is 34.9 Å². The number of carbonyl (C=O) groups is 1. The highest BCUT2D eigenvalue weighted by molar-refractivity contribution is 7.86. The first kappa shape index (κ1) is 18.9. The summed E-state index contributed by atoms with van der Waals surface area (Å²) in [6.07, 6.45) is 0. The fourth-order valence-corrected chi connectivity index (χ4v) is 3.36. The van der Waals surface area contributed by atoms with E-state index >= 15 is 0 Å². The number of nitrogens with zero attached hydrogens (tertiary/aromatic N) is 2. The van der Waals surface area contributed by atoms with Crippen LogP contribution < -0.4 is 0 Å². The Bertz CT molecular complexity index is 619. The van der Waals surface area contributed by atoms with Crippen LogP contribution in [0, 0.1) is 0 Å². The average Bonchev–Trinajstić information content (AvgIpc) is 2.47. The molecule has 8 heteroatoms. The minimum absolute atomic E-state index is 0.00579. The fourth-order valence-electron chi connectivity index (χ4n) is 1.69. The van der Waals surface area contributed by atoms with Gasteiger partial charge < -0.3 is 4.74 Å². The maximum atomic E-state index is 12.6. The number of halogens is 1. The number of benzene rings is 1. The Hall–Kier alpha value is -1.15. The lowest BCUT2D eigenvalue weighted by molar-refractivity contribution is -0.140. The van der Waals surface area contributed by atoms with Crippen molar-refractivity contribution in [2.24, 2.45) is 0 Å². The molecular formula is C14H21ClN2O4S. The van der Waals surface area contributed by atoms with Gasteiger partial charge >= 0.3 is 5.97 Å². The Labute approximate surface area is 136 Å². The minimum atomic E-state index is -3.81. The molecular weight excluding hydrogens is 328 g/mol. The third kappa shape index (κ3) is 4.67. The van der Waals surface area contributed by atoms with Gasteiger partial charge in [-0.3, -0.25) is 4.79 Å². The van der Waals surface area contributed by atoms with E-state index in [0.29, 0.717) is 10.6 Å². The second-order valence-electron chi connectivity index (χ2n) is 5.05. The lowest BCUT2D eigenvalue weighted by atomic mass is 10.2. The molecule has 0 aliphatic heterocycles. The van der Waals surface area contributed by atoms with Crippen molar-refractivity contribution < 1.29 is 17.9 Å². The van der Waals surface area contributed by atoms with Gasteiger partial charge in [-0.05, 0) is 25.5 Å². The summed E-state index contributed by atoms with van der Waals surface area (Å²) in [5.74, 6) is -0.632. The molecule has 0 bridgehead atoms. The Kier molecular flexibility index (Phi) is 6.80. The summed E-state index contributed by atoms with van der Waals surface area (Å²) < 4.78 is 32.1. The van der Waals surface area contributed by atoms with Crippen LogP contribution in [0.5, 0.6) is 0 Å². The summed E-state index contributed by atoms with van der Waals surface area (Å²) >= 11 is 6.08. The van der Waals surface area contributed by atoms with E-state index in [-0.39, 0.29) is 19.1 Å². The van der Waals surface area contributed by atoms with E-state index in [1.165, 1.54) is 18.5 Å². The highest BCUT2D eigenvalue weighted by Gasteiger charge is 2.31. The Balaban J connectivity index is 3.14. The van der Waals surface area contributed by atoms with Crippen LogP contribution in [0.3, 0.4) is 0 Å². The lowest BCUT2D eigenvalue weighted by Gasteiger charge is -2.29. The number of carbonyl (C=O) groups excluding carboxylic acids is 1. The van der Waals surface area contributed by atoms with Crippen molar-refractivity contribution in [3.8, 4) is 0 Å². The number of rotatable bonds is 7. The zero-order valence-electron chi connectivity index (χ0n) is 13.1. The molecule has 0 heterocycles. The second kappa shape index (κ2) is 7.92. The number of hydrogen-bond acceptors (Lipinski definition) is 4. The average molecular weight is 349 g/mol. The second-order valence-corrected chi connectivity index (χ2v) is 7.45. The van der Waals surface area contributed by atoms with Gasteiger partial charge in [-0.25, -0.2) is 0 Å². The summed E-state index contributed by atoms with van der Waals surface area (Å²) in [7, 11) is -1.13. The summed E-state index contributed by atoms with van der Waals surface area (Å²) in [6, 6.07) is 6.67. The Morgan fingerprint density at radius 2 is 1.91 bits per heavy atom. The summed E-state index contributed by atoms with van der Waals surface area (Å²) in [4.78, 5) is 11.6. The van der Waals surface area contributed by atoms with Gasteiger partial charge in [-0.2, -0.15) is 17.0 Å². The molecule has 22 heavy (non-hydrogen) atoms. The number of ether oxygens (including phenoxy) is 1. The van der Waals surface area contributed by atoms with Gasteiger partial charge in [-0.1, -0.05) is 29.8 Å². The zero-order valence-corrected chi connectivity index (χ0v) is 14.7. The van der Waals surface area contributed by atoms with Crippen molar-refractivity contribution in [1.29, 1.82) is 0 Å². The van der Waals surface area contributed by atoms with Crippen LogP contribution >= 0.6 is 11.6 Å². The van der Waals surface area contributed by atoms with E-state index in [9.17, 15) is 13.2 Å². The SMILES string of the molecule is COC(=O)CN(Cc1ccccc1Cl)S(=O)(=O)N(C)C(C)C. The molecule has 0 spiro atoms. The van der Waals surface area contributed by atoms with Gasteiger partial charge in [0.05, 0.1) is 7.11 Å². The Morgan fingerprint density at radius 3 is 2.41 bits per heavy atom. The van der Waals surface area contributed by atoms with Crippen LogP contribution in [0.2, 0.25) is 5.02 Å². The molecule has 0 amide bonds. The van der Waals surface area contributed by atoms with Crippen LogP contribution in [0.15, 0.2) is 24.3 Å². The molecule has 0 aromatic heterocycles. The minimum Gasteiger partial charge on any atom is -0.468 e. The van der Waals surface area contributed by atoms with Crippen molar-refractivity contribution >= 4 is 27.8 Å². The lowest BCUT2D eigenvalue weighted by Crippen LogP contribution is -2.46. The molecule has 0 aliphatic rings. The van der Waals surface area contributed by atoms with Gasteiger partial charge in [0.15, 0.2) is 0 Å². The predicted octanol–water partition coefficient (Wildman–Crippen LogP) is 1.90. The van der Waals surface area contributed by atoms with Crippen LogP contribution in [-0.4, -0.2) is 49.7 Å². The van der Waals surface area contributed by atoms with Crippen LogP contribution in [0.25, 0.3) is 0 Å². The third-order valence-corrected chi connectivity index (χ3v) is 5.68. The van der Waals surface area contributed by atoms with Gasteiger partial charge in [0.1, 0.15) is 6.54 Å². The molecule has 0 N–H and O–H groups in total. The summed E-state index contributed by atoms with van der Waals surface area (Å²) in [5.41, 5.74) is 0.619. The molecule has 0 unspecified atom stereocenters. The molecule has 0 atom stereocenters.